The van der Waals surface area contributed by atoms with Crippen LogP contribution in [0.25, 0.3) is 0 Å². The van der Waals surface area contributed by atoms with Gasteiger partial charge in [0.2, 0.25) is 0 Å². The van der Waals surface area contributed by atoms with Crippen LogP contribution >= 0.6 is 0 Å². The third-order valence-electron chi connectivity index (χ3n) is 11.3. The number of fused-ring (bicyclic) bond motifs is 2. The number of hydrogen-bond acceptors (Lipinski definition) is 3. The second kappa shape index (κ2) is 7.18. The van der Waals surface area contributed by atoms with Crippen LogP contribution in [0.3, 0.4) is 0 Å². The summed E-state index contributed by atoms with van der Waals surface area (Å²) in [4.78, 5) is 6.71. The monoisotopic (exact) mass is 427 g/mol. The van der Waals surface area contributed by atoms with Crippen molar-refractivity contribution in [2.24, 2.45) is 46.3 Å². The van der Waals surface area contributed by atoms with Crippen LogP contribution in [0.5, 0.6) is 0 Å². The first kappa shape index (κ1) is 22.2. The Morgan fingerprint density at radius 2 is 1.74 bits per heavy atom. The fourth-order valence-corrected chi connectivity index (χ4v) is 8.87. The lowest BCUT2D eigenvalue weighted by Crippen LogP contribution is -2.78. The van der Waals surface area contributed by atoms with Crippen molar-refractivity contribution >= 4 is 0 Å². The van der Waals surface area contributed by atoms with Crippen LogP contribution in [-0.2, 0) is 4.84 Å². The molecule has 10 atom stereocenters. The van der Waals surface area contributed by atoms with E-state index in [2.05, 4.69) is 71.3 Å². The molecule has 2 heterocycles. The number of aliphatic hydroxyl groups is 1. The van der Waals surface area contributed by atoms with E-state index in [4.69, 9.17) is 4.84 Å². The maximum Gasteiger partial charge on any atom is 0.114 e. The smallest absolute Gasteiger partial charge is 0.114 e. The fraction of sp³-hybridized carbons (Fsp3) is 0.857. The minimum Gasteiger partial charge on any atom is -0.393 e. The zero-order chi connectivity index (χ0) is 22.2. The van der Waals surface area contributed by atoms with E-state index in [1.807, 2.05) is 0 Å². The SMILES string of the molecule is CC(C)[C@@H](C)/C=C/[C@@H](C)[C@H]1CC[C@@H]2[C@]1(C)CCC1[C@]23C=C[C@]2(C[C@@H](O)CC[C@]12C)NO3. The van der Waals surface area contributed by atoms with Crippen LogP contribution in [0, 0.1) is 46.3 Å². The van der Waals surface area contributed by atoms with Gasteiger partial charge in [-0.15, -0.1) is 0 Å². The summed E-state index contributed by atoms with van der Waals surface area (Å²) in [7, 11) is 0. The van der Waals surface area contributed by atoms with E-state index in [1.165, 1.54) is 25.7 Å². The number of hydrogen-bond donors (Lipinski definition) is 2. The molecule has 4 fully saturated rings. The van der Waals surface area contributed by atoms with Crippen molar-refractivity contribution in [1.82, 2.24) is 5.48 Å². The molecular formula is C28H45NO2. The Hall–Kier alpha value is -0.640. The predicted octanol–water partition coefficient (Wildman–Crippen LogP) is 6.05. The summed E-state index contributed by atoms with van der Waals surface area (Å²) >= 11 is 0. The van der Waals surface area contributed by atoms with Crippen molar-refractivity contribution in [2.45, 2.75) is 104 Å². The molecule has 3 nitrogen and oxygen atoms in total. The summed E-state index contributed by atoms with van der Waals surface area (Å²) < 4.78 is 0. The minimum atomic E-state index is -0.218. The van der Waals surface area contributed by atoms with Crippen LogP contribution < -0.4 is 5.48 Å². The summed E-state index contributed by atoms with van der Waals surface area (Å²) in [5.74, 6) is 3.83. The molecule has 0 aromatic rings. The van der Waals surface area contributed by atoms with E-state index in [1.54, 1.807) is 0 Å². The summed E-state index contributed by atoms with van der Waals surface area (Å²) in [5, 5.41) is 10.4. The Morgan fingerprint density at radius 3 is 2.42 bits per heavy atom. The van der Waals surface area contributed by atoms with Crippen molar-refractivity contribution in [3.8, 4) is 0 Å². The Morgan fingerprint density at radius 1 is 0.968 bits per heavy atom. The molecule has 2 aliphatic heterocycles. The summed E-state index contributed by atoms with van der Waals surface area (Å²) in [6.45, 7) is 14.5. The number of nitrogens with one attached hydrogen (secondary N) is 1. The van der Waals surface area contributed by atoms with Crippen LogP contribution in [0.2, 0.25) is 0 Å². The van der Waals surface area contributed by atoms with Gasteiger partial charge >= 0.3 is 0 Å². The van der Waals surface area contributed by atoms with Gasteiger partial charge in [0, 0.05) is 5.92 Å². The predicted molar refractivity (Wildman–Crippen MR) is 126 cm³/mol. The average molecular weight is 428 g/mol. The Bertz CT molecular complexity index is 775. The summed E-state index contributed by atoms with van der Waals surface area (Å²) in [6, 6.07) is 0. The van der Waals surface area contributed by atoms with E-state index in [0.29, 0.717) is 35.0 Å². The lowest BCUT2D eigenvalue weighted by Gasteiger charge is -2.71. The van der Waals surface area contributed by atoms with Crippen LogP contribution in [-0.4, -0.2) is 22.4 Å². The molecule has 6 rings (SSSR count). The van der Waals surface area contributed by atoms with Gasteiger partial charge in [0.25, 0.3) is 0 Å². The third-order valence-corrected chi connectivity index (χ3v) is 11.3. The van der Waals surface area contributed by atoms with Crippen LogP contribution in [0.15, 0.2) is 24.3 Å². The minimum absolute atomic E-state index is 0.171. The molecule has 3 saturated carbocycles. The molecule has 2 spiro atoms. The number of rotatable bonds is 4. The Kier molecular flexibility index (Phi) is 5.13. The first-order valence-corrected chi connectivity index (χ1v) is 13.1. The topological polar surface area (TPSA) is 41.5 Å². The number of aliphatic hydroxyl groups excluding tert-OH is 1. The van der Waals surface area contributed by atoms with Gasteiger partial charge in [-0.25, -0.2) is 0 Å². The molecule has 0 aromatic carbocycles. The first-order valence-electron chi connectivity index (χ1n) is 13.1. The van der Waals surface area contributed by atoms with E-state index in [-0.39, 0.29) is 22.7 Å². The van der Waals surface area contributed by atoms with E-state index < -0.39 is 0 Å². The second-order valence-corrected chi connectivity index (χ2v) is 12.9. The van der Waals surface area contributed by atoms with Gasteiger partial charge in [0.05, 0.1) is 11.6 Å². The highest BCUT2D eigenvalue weighted by Gasteiger charge is 2.73. The molecule has 6 aliphatic rings. The zero-order valence-corrected chi connectivity index (χ0v) is 20.7. The van der Waals surface area contributed by atoms with Gasteiger partial charge in [-0.2, -0.15) is 5.48 Å². The lowest BCUT2D eigenvalue weighted by molar-refractivity contribution is -0.305. The maximum absolute atomic E-state index is 10.4. The van der Waals surface area contributed by atoms with Crippen molar-refractivity contribution in [1.29, 1.82) is 0 Å². The molecular weight excluding hydrogens is 382 g/mol. The highest BCUT2D eigenvalue weighted by molar-refractivity contribution is 5.35. The molecule has 174 valence electrons. The average Bonchev–Trinajstić information content (AvgIpc) is 3.09. The quantitative estimate of drug-likeness (QED) is 0.537. The maximum atomic E-state index is 10.4. The third kappa shape index (κ3) is 2.88. The molecule has 2 N–H and O–H groups in total. The van der Waals surface area contributed by atoms with E-state index in [9.17, 15) is 5.11 Å². The molecule has 0 aromatic heterocycles. The lowest BCUT2D eigenvalue weighted by atomic mass is 9.42. The largest absolute Gasteiger partial charge is 0.393 e. The van der Waals surface area contributed by atoms with Crippen LogP contribution in [0.1, 0.15) is 86.5 Å². The van der Waals surface area contributed by atoms with Gasteiger partial charge < -0.3 is 5.11 Å². The van der Waals surface area contributed by atoms with Gasteiger partial charge in [0.15, 0.2) is 0 Å². The highest BCUT2D eigenvalue weighted by atomic mass is 16.7. The second-order valence-electron chi connectivity index (χ2n) is 12.9. The van der Waals surface area contributed by atoms with Gasteiger partial charge in [-0.3, -0.25) is 4.84 Å². The number of allylic oxidation sites excluding steroid dienone is 2. The zero-order valence-electron chi connectivity index (χ0n) is 20.7. The normalized spacial score (nSPS) is 52.8. The molecule has 0 amide bonds. The van der Waals surface area contributed by atoms with Gasteiger partial charge in [0.1, 0.15) is 5.60 Å². The molecule has 31 heavy (non-hydrogen) atoms. The summed E-state index contributed by atoms with van der Waals surface area (Å²) in [6.07, 6.45) is 17.6. The standard InChI is InChI=1S/C28H45NO2/c1-18(2)19(3)7-8-20(4)22-9-10-23-25(22,5)13-12-24-26(6)14-11-21(30)17-27(26)15-16-28(23,24)31-29-27/h7-8,15-16,18-24,29-30H,9-14,17H2,1-6H3/b8-7+/t19-,20+,21-,22+,23+,24?,25+,26+,27+,28-/m0/s1. The van der Waals surface area contributed by atoms with Crippen molar-refractivity contribution in [2.75, 3.05) is 0 Å². The van der Waals surface area contributed by atoms with Crippen molar-refractivity contribution in [3.05, 3.63) is 24.3 Å². The first-order chi connectivity index (χ1) is 14.6. The molecule has 4 aliphatic carbocycles. The number of hydroxylamine groups is 1. The molecule has 2 bridgehead atoms. The molecule has 1 unspecified atom stereocenters. The van der Waals surface area contributed by atoms with E-state index >= 15 is 0 Å². The van der Waals surface area contributed by atoms with Gasteiger partial charge in [-0.05, 0) is 85.4 Å². The Balaban J connectivity index is 1.45. The molecule has 3 heteroatoms. The molecule has 0 radical (unpaired) electrons. The fourth-order valence-electron chi connectivity index (χ4n) is 8.87. The summed E-state index contributed by atoms with van der Waals surface area (Å²) in [5.41, 5.74) is 3.71. The van der Waals surface area contributed by atoms with Crippen molar-refractivity contribution < 1.29 is 9.94 Å². The van der Waals surface area contributed by atoms with Crippen LogP contribution in [0.4, 0.5) is 0 Å². The Labute approximate surface area is 190 Å². The van der Waals surface area contributed by atoms with Crippen molar-refractivity contribution in [3.63, 3.8) is 0 Å². The molecule has 1 saturated heterocycles. The van der Waals surface area contributed by atoms with Gasteiger partial charge in [-0.1, -0.05) is 65.8 Å². The van der Waals surface area contributed by atoms with E-state index in [0.717, 1.165) is 25.2 Å². The highest BCUT2D eigenvalue weighted by Crippen LogP contribution is 2.71.